The summed E-state index contributed by atoms with van der Waals surface area (Å²) in [6.07, 6.45) is -0.901. The van der Waals surface area contributed by atoms with Crippen LogP contribution in [0.25, 0.3) is 0 Å². The van der Waals surface area contributed by atoms with Gasteiger partial charge in [0.1, 0.15) is 6.10 Å². The number of carboxylic acids is 1. The SMILES string of the molecule is CN(C)c1ccc(C(O)c2sccc2C(=O)O)cc1. The van der Waals surface area contributed by atoms with Gasteiger partial charge in [0.15, 0.2) is 0 Å². The normalized spacial score (nSPS) is 12.2. The number of hydrogen-bond donors (Lipinski definition) is 2. The van der Waals surface area contributed by atoms with E-state index in [4.69, 9.17) is 5.11 Å². The Hall–Kier alpha value is -1.85. The van der Waals surface area contributed by atoms with Crippen molar-refractivity contribution >= 4 is 23.0 Å². The maximum atomic E-state index is 11.1. The van der Waals surface area contributed by atoms with Crippen molar-refractivity contribution in [2.24, 2.45) is 0 Å². The van der Waals surface area contributed by atoms with Gasteiger partial charge in [0.05, 0.1) is 10.4 Å². The van der Waals surface area contributed by atoms with Crippen molar-refractivity contribution in [2.75, 3.05) is 19.0 Å². The Morgan fingerprint density at radius 3 is 2.37 bits per heavy atom. The van der Waals surface area contributed by atoms with Crippen molar-refractivity contribution in [2.45, 2.75) is 6.10 Å². The van der Waals surface area contributed by atoms with E-state index < -0.39 is 12.1 Å². The molecule has 1 aromatic heterocycles. The summed E-state index contributed by atoms with van der Waals surface area (Å²) < 4.78 is 0. The van der Waals surface area contributed by atoms with Crippen LogP contribution in [-0.4, -0.2) is 30.3 Å². The molecular formula is C14H15NO3S. The first-order valence-electron chi connectivity index (χ1n) is 5.76. The number of anilines is 1. The lowest BCUT2D eigenvalue weighted by molar-refractivity contribution is 0.0692. The molecule has 4 nitrogen and oxygen atoms in total. The summed E-state index contributed by atoms with van der Waals surface area (Å²) in [5.41, 5.74) is 1.88. The minimum absolute atomic E-state index is 0.161. The van der Waals surface area contributed by atoms with E-state index in [0.29, 0.717) is 10.4 Å². The lowest BCUT2D eigenvalue weighted by Crippen LogP contribution is -2.09. The summed E-state index contributed by atoms with van der Waals surface area (Å²) in [5.74, 6) is -1.01. The summed E-state index contributed by atoms with van der Waals surface area (Å²) in [6.45, 7) is 0. The first kappa shape index (κ1) is 13.6. The molecule has 5 heteroatoms. The van der Waals surface area contributed by atoms with Crippen LogP contribution < -0.4 is 4.90 Å². The Bertz CT molecular complexity index is 575. The molecule has 0 bridgehead atoms. The molecule has 0 saturated carbocycles. The van der Waals surface area contributed by atoms with Crippen LogP contribution in [0.2, 0.25) is 0 Å². The largest absolute Gasteiger partial charge is 0.478 e. The van der Waals surface area contributed by atoms with Gasteiger partial charge in [-0.05, 0) is 29.1 Å². The zero-order valence-electron chi connectivity index (χ0n) is 10.7. The van der Waals surface area contributed by atoms with Gasteiger partial charge in [0.25, 0.3) is 0 Å². The molecule has 2 N–H and O–H groups in total. The van der Waals surface area contributed by atoms with Crippen molar-refractivity contribution in [3.05, 3.63) is 51.7 Å². The maximum Gasteiger partial charge on any atom is 0.336 e. The van der Waals surface area contributed by atoms with Crippen LogP contribution in [0.1, 0.15) is 26.9 Å². The minimum Gasteiger partial charge on any atom is -0.478 e. The van der Waals surface area contributed by atoms with Gasteiger partial charge in [-0.3, -0.25) is 0 Å². The molecule has 19 heavy (non-hydrogen) atoms. The van der Waals surface area contributed by atoms with E-state index in [1.165, 1.54) is 17.4 Å². The Morgan fingerprint density at radius 2 is 1.84 bits per heavy atom. The Morgan fingerprint density at radius 1 is 1.21 bits per heavy atom. The van der Waals surface area contributed by atoms with E-state index >= 15 is 0 Å². The number of aliphatic hydroxyl groups is 1. The van der Waals surface area contributed by atoms with Crippen LogP contribution in [0.4, 0.5) is 5.69 Å². The standard InChI is InChI=1S/C14H15NO3S/c1-15(2)10-5-3-9(4-6-10)12(16)13-11(14(17)18)7-8-19-13/h3-8,12,16H,1-2H3,(H,17,18). The summed E-state index contributed by atoms with van der Waals surface area (Å²) >= 11 is 1.25. The van der Waals surface area contributed by atoms with Crippen LogP contribution in [0.5, 0.6) is 0 Å². The van der Waals surface area contributed by atoms with Crippen LogP contribution in [0.3, 0.4) is 0 Å². The number of aromatic carboxylic acids is 1. The number of carbonyl (C=O) groups is 1. The molecule has 0 fully saturated rings. The van der Waals surface area contributed by atoms with Crippen LogP contribution in [-0.2, 0) is 0 Å². The Labute approximate surface area is 115 Å². The molecule has 0 aliphatic rings. The van der Waals surface area contributed by atoms with Gasteiger partial charge in [-0.15, -0.1) is 11.3 Å². The van der Waals surface area contributed by atoms with Crippen LogP contribution in [0, 0.1) is 0 Å². The minimum atomic E-state index is -1.01. The summed E-state index contributed by atoms with van der Waals surface area (Å²) in [7, 11) is 3.88. The van der Waals surface area contributed by atoms with E-state index in [-0.39, 0.29) is 5.56 Å². The monoisotopic (exact) mass is 277 g/mol. The number of benzene rings is 1. The predicted molar refractivity (Wildman–Crippen MR) is 76.1 cm³/mol. The molecule has 1 atom stereocenters. The highest BCUT2D eigenvalue weighted by molar-refractivity contribution is 7.10. The summed E-state index contributed by atoms with van der Waals surface area (Å²) in [4.78, 5) is 13.5. The highest BCUT2D eigenvalue weighted by Crippen LogP contribution is 2.30. The van der Waals surface area contributed by atoms with Gasteiger partial charge in [-0.1, -0.05) is 12.1 Å². The van der Waals surface area contributed by atoms with Crippen molar-refractivity contribution in [1.29, 1.82) is 0 Å². The third-order valence-corrected chi connectivity index (χ3v) is 3.87. The average molecular weight is 277 g/mol. The number of carboxylic acid groups (broad SMARTS) is 1. The molecule has 0 aliphatic carbocycles. The van der Waals surface area contributed by atoms with Gasteiger partial charge in [0, 0.05) is 19.8 Å². The quantitative estimate of drug-likeness (QED) is 0.901. The van der Waals surface area contributed by atoms with Crippen molar-refractivity contribution in [1.82, 2.24) is 0 Å². The van der Waals surface area contributed by atoms with E-state index in [0.717, 1.165) is 5.69 Å². The molecule has 0 spiro atoms. The second-order valence-electron chi connectivity index (χ2n) is 4.39. The molecule has 2 aromatic rings. The molecule has 0 saturated heterocycles. The molecule has 0 radical (unpaired) electrons. The van der Waals surface area contributed by atoms with E-state index in [1.54, 1.807) is 5.38 Å². The van der Waals surface area contributed by atoms with Gasteiger partial charge >= 0.3 is 5.97 Å². The molecule has 0 amide bonds. The first-order chi connectivity index (χ1) is 9.00. The number of nitrogens with zero attached hydrogens (tertiary/aromatic N) is 1. The second kappa shape index (κ2) is 5.42. The summed E-state index contributed by atoms with van der Waals surface area (Å²) in [6, 6.07) is 8.93. The van der Waals surface area contributed by atoms with Crippen molar-refractivity contribution in [3.8, 4) is 0 Å². The van der Waals surface area contributed by atoms with Crippen LogP contribution in [0.15, 0.2) is 35.7 Å². The predicted octanol–water partition coefficient (Wildman–Crippen LogP) is 2.59. The highest BCUT2D eigenvalue weighted by atomic mass is 32.1. The van der Waals surface area contributed by atoms with Crippen molar-refractivity contribution < 1.29 is 15.0 Å². The fraction of sp³-hybridized carbons (Fsp3) is 0.214. The number of thiophene rings is 1. The third-order valence-electron chi connectivity index (χ3n) is 2.90. The number of rotatable bonds is 4. The molecule has 1 aromatic carbocycles. The van der Waals surface area contributed by atoms with Gasteiger partial charge in [-0.25, -0.2) is 4.79 Å². The topological polar surface area (TPSA) is 60.8 Å². The van der Waals surface area contributed by atoms with Gasteiger partial charge < -0.3 is 15.1 Å². The molecule has 1 heterocycles. The lowest BCUT2D eigenvalue weighted by atomic mass is 10.0. The average Bonchev–Trinajstić information content (AvgIpc) is 2.87. The van der Waals surface area contributed by atoms with E-state index in [9.17, 15) is 9.90 Å². The molecule has 100 valence electrons. The highest BCUT2D eigenvalue weighted by Gasteiger charge is 2.20. The maximum absolute atomic E-state index is 11.1. The number of aliphatic hydroxyl groups excluding tert-OH is 1. The smallest absolute Gasteiger partial charge is 0.336 e. The summed E-state index contributed by atoms with van der Waals surface area (Å²) in [5, 5.41) is 21.0. The van der Waals surface area contributed by atoms with Crippen molar-refractivity contribution in [3.63, 3.8) is 0 Å². The van der Waals surface area contributed by atoms with E-state index in [2.05, 4.69) is 0 Å². The molecular weight excluding hydrogens is 262 g/mol. The number of hydrogen-bond acceptors (Lipinski definition) is 4. The van der Waals surface area contributed by atoms with Gasteiger partial charge in [0.2, 0.25) is 0 Å². The van der Waals surface area contributed by atoms with Crippen LogP contribution >= 0.6 is 11.3 Å². The fourth-order valence-electron chi connectivity index (χ4n) is 1.82. The lowest BCUT2D eigenvalue weighted by Gasteiger charge is -2.15. The third kappa shape index (κ3) is 2.77. The zero-order valence-corrected chi connectivity index (χ0v) is 11.5. The van der Waals surface area contributed by atoms with Gasteiger partial charge in [-0.2, -0.15) is 0 Å². The molecule has 0 aliphatic heterocycles. The zero-order chi connectivity index (χ0) is 14.0. The first-order valence-corrected chi connectivity index (χ1v) is 6.64. The Kier molecular flexibility index (Phi) is 3.87. The fourth-order valence-corrected chi connectivity index (χ4v) is 2.71. The molecule has 2 rings (SSSR count). The second-order valence-corrected chi connectivity index (χ2v) is 5.34. The Balaban J connectivity index is 2.30. The molecule has 1 unspecified atom stereocenters. The van der Waals surface area contributed by atoms with E-state index in [1.807, 2.05) is 43.3 Å².